The Labute approximate surface area is 170 Å². The van der Waals surface area contributed by atoms with Crippen molar-refractivity contribution < 1.29 is 14.3 Å². The molecule has 0 spiro atoms. The van der Waals surface area contributed by atoms with Crippen LogP contribution in [-0.4, -0.2) is 24.0 Å². The Kier molecular flexibility index (Phi) is 5.47. The van der Waals surface area contributed by atoms with Crippen LogP contribution < -0.4 is 14.4 Å². The van der Waals surface area contributed by atoms with E-state index in [1.807, 2.05) is 66.4 Å². The van der Waals surface area contributed by atoms with Gasteiger partial charge in [-0.3, -0.25) is 9.78 Å². The maximum Gasteiger partial charge on any atom is 0.258 e. The summed E-state index contributed by atoms with van der Waals surface area (Å²) in [6.45, 7) is 2.38. The van der Waals surface area contributed by atoms with Gasteiger partial charge < -0.3 is 14.4 Å². The number of nitrogens with zero attached hydrogens (tertiary/aromatic N) is 2. The summed E-state index contributed by atoms with van der Waals surface area (Å²) in [5.41, 5.74) is 3.54. The second kappa shape index (κ2) is 8.35. The summed E-state index contributed by atoms with van der Waals surface area (Å²) in [7, 11) is 1.62. The van der Waals surface area contributed by atoms with Crippen molar-refractivity contribution in [3.05, 3.63) is 83.7 Å². The van der Waals surface area contributed by atoms with Gasteiger partial charge >= 0.3 is 0 Å². The van der Waals surface area contributed by atoms with Gasteiger partial charge in [-0.15, -0.1) is 0 Å². The van der Waals surface area contributed by atoms with E-state index in [1.165, 1.54) is 0 Å². The minimum atomic E-state index is 0.0304. The van der Waals surface area contributed by atoms with E-state index >= 15 is 0 Å². The van der Waals surface area contributed by atoms with Crippen LogP contribution in [0.15, 0.2) is 66.9 Å². The van der Waals surface area contributed by atoms with Crippen LogP contribution in [0, 0.1) is 6.92 Å². The lowest BCUT2D eigenvalue weighted by atomic mass is 10.1. The van der Waals surface area contributed by atoms with Gasteiger partial charge in [0.2, 0.25) is 0 Å². The van der Waals surface area contributed by atoms with E-state index in [4.69, 9.17) is 9.47 Å². The molecule has 148 valence electrons. The maximum absolute atomic E-state index is 13.2. The fourth-order valence-electron chi connectivity index (χ4n) is 3.29. The third kappa shape index (κ3) is 4.40. The number of methoxy groups -OCH3 is 1. The Morgan fingerprint density at radius 2 is 1.83 bits per heavy atom. The predicted molar refractivity (Wildman–Crippen MR) is 113 cm³/mol. The van der Waals surface area contributed by atoms with Gasteiger partial charge in [0, 0.05) is 29.6 Å². The number of benzene rings is 2. The molecule has 1 aliphatic rings. The molecule has 1 heterocycles. The van der Waals surface area contributed by atoms with E-state index in [2.05, 4.69) is 4.98 Å². The zero-order chi connectivity index (χ0) is 20.2. The molecule has 29 heavy (non-hydrogen) atoms. The van der Waals surface area contributed by atoms with Crippen LogP contribution in [0.1, 0.15) is 34.5 Å². The van der Waals surface area contributed by atoms with E-state index in [0.29, 0.717) is 24.0 Å². The highest BCUT2D eigenvalue weighted by atomic mass is 16.5. The summed E-state index contributed by atoms with van der Waals surface area (Å²) < 4.78 is 11.0. The van der Waals surface area contributed by atoms with Crippen molar-refractivity contribution in [2.24, 2.45) is 0 Å². The fraction of sp³-hybridized carbons (Fsp3) is 0.250. The number of anilines is 1. The van der Waals surface area contributed by atoms with E-state index in [0.717, 1.165) is 35.5 Å². The standard InChI is InChI=1S/C24H24N2O3/c1-17-5-3-4-6-23(17)26(20-9-10-20)24(27)18-7-11-21(12-8-18)29-16-19-15-22(28-2)13-14-25-19/h3-8,11-15,20H,9-10,16H2,1-2H3. The first-order chi connectivity index (χ1) is 14.2. The third-order valence-corrected chi connectivity index (χ3v) is 5.02. The van der Waals surface area contributed by atoms with E-state index in [-0.39, 0.29) is 5.91 Å². The fourth-order valence-corrected chi connectivity index (χ4v) is 3.29. The lowest BCUT2D eigenvalue weighted by Gasteiger charge is -2.24. The number of amides is 1. The molecule has 0 atom stereocenters. The molecular formula is C24H24N2O3. The molecule has 1 amide bonds. The Morgan fingerprint density at radius 3 is 2.52 bits per heavy atom. The third-order valence-electron chi connectivity index (χ3n) is 5.02. The molecule has 0 bridgehead atoms. The number of aryl methyl sites for hydroxylation is 1. The highest BCUT2D eigenvalue weighted by Crippen LogP contribution is 2.34. The lowest BCUT2D eigenvalue weighted by molar-refractivity contribution is 0.0985. The first-order valence-corrected chi connectivity index (χ1v) is 9.76. The highest BCUT2D eigenvalue weighted by molar-refractivity contribution is 6.07. The van der Waals surface area contributed by atoms with Gasteiger partial charge in [-0.05, 0) is 61.7 Å². The van der Waals surface area contributed by atoms with Crippen molar-refractivity contribution in [1.29, 1.82) is 0 Å². The van der Waals surface area contributed by atoms with Crippen LogP contribution in [0.25, 0.3) is 0 Å². The van der Waals surface area contributed by atoms with Crippen LogP contribution >= 0.6 is 0 Å². The minimum Gasteiger partial charge on any atom is -0.497 e. The van der Waals surface area contributed by atoms with Gasteiger partial charge in [-0.1, -0.05) is 18.2 Å². The van der Waals surface area contributed by atoms with E-state index in [9.17, 15) is 4.79 Å². The summed E-state index contributed by atoms with van der Waals surface area (Å²) in [6.07, 6.45) is 3.79. The Bertz CT molecular complexity index is 997. The average molecular weight is 388 g/mol. The average Bonchev–Trinajstić information content (AvgIpc) is 3.59. The number of rotatable bonds is 7. The maximum atomic E-state index is 13.2. The molecule has 3 aromatic rings. The van der Waals surface area contributed by atoms with Crippen molar-refractivity contribution >= 4 is 11.6 Å². The van der Waals surface area contributed by atoms with Crippen LogP contribution in [0.3, 0.4) is 0 Å². The highest BCUT2D eigenvalue weighted by Gasteiger charge is 2.34. The number of carbonyl (C=O) groups is 1. The van der Waals surface area contributed by atoms with E-state index in [1.54, 1.807) is 19.4 Å². The van der Waals surface area contributed by atoms with Gasteiger partial charge in [0.25, 0.3) is 5.91 Å². The van der Waals surface area contributed by atoms with Crippen molar-refractivity contribution in [1.82, 2.24) is 4.98 Å². The molecule has 5 nitrogen and oxygen atoms in total. The molecule has 0 radical (unpaired) electrons. The topological polar surface area (TPSA) is 51.7 Å². The summed E-state index contributed by atoms with van der Waals surface area (Å²) >= 11 is 0. The number of hydrogen-bond acceptors (Lipinski definition) is 4. The quantitative estimate of drug-likeness (QED) is 0.584. The number of para-hydroxylation sites is 1. The molecule has 0 unspecified atom stereocenters. The monoisotopic (exact) mass is 388 g/mol. The molecule has 1 aromatic heterocycles. The summed E-state index contributed by atoms with van der Waals surface area (Å²) in [4.78, 5) is 19.4. The number of pyridine rings is 1. The van der Waals surface area contributed by atoms with Crippen molar-refractivity contribution in [3.8, 4) is 11.5 Å². The molecular weight excluding hydrogens is 364 g/mol. The normalized spacial score (nSPS) is 13.0. The molecule has 1 aliphatic carbocycles. The van der Waals surface area contributed by atoms with Crippen LogP contribution in [0.4, 0.5) is 5.69 Å². The molecule has 0 N–H and O–H groups in total. The van der Waals surface area contributed by atoms with Gasteiger partial charge in [0.15, 0.2) is 0 Å². The largest absolute Gasteiger partial charge is 0.497 e. The summed E-state index contributed by atoms with van der Waals surface area (Å²) in [5.74, 6) is 1.47. The Balaban J connectivity index is 1.46. The van der Waals surface area contributed by atoms with Crippen molar-refractivity contribution in [3.63, 3.8) is 0 Å². The molecule has 4 rings (SSSR count). The Morgan fingerprint density at radius 1 is 1.07 bits per heavy atom. The van der Waals surface area contributed by atoms with Gasteiger partial charge in [-0.25, -0.2) is 0 Å². The zero-order valence-electron chi connectivity index (χ0n) is 16.7. The molecule has 2 aromatic carbocycles. The molecule has 0 aliphatic heterocycles. The van der Waals surface area contributed by atoms with Gasteiger partial charge in [-0.2, -0.15) is 0 Å². The second-order valence-corrected chi connectivity index (χ2v) is 7.19. The van der Waals surface area contributed by atoms with Crippen molar-refractivity contribution in [2.45, 2.75) is 32.4 Å². The molecule has 0 saturated heterocycles. The number of ether oxygens (including phenoxy) is 2. The first-order valence-electron chi connectivity index (χ1n) is 9.76. The second-order valence-electron chi connectivity index (χ2n) is 7.19. The summed E-state index contributed by atoms with van der Waals surface area (Å²) in [5, 5.41) is 0. The van der Waals surface area contributed by atoms with Crippen LogP contribution in [0.2, 0.25) is 0 Å². The minimum absolute atomic E-state index is 0.0304. The Hall–Kier alpha value is -3.34. The van der Waals surface area contributed by atoms with Gasteiger partial charge in [0.05, 0.1) is 12.8 Å². The van der Waals surface area contributed by atoms with E-state index < -0.39 is 0 Å². The SMILES string of the molecule is COc1ccnc(COc2ccc(C(=O)N(c3ccccc3C)C3CC3)cc2)c1. The zero-order valence-corrected chi connectivity index (χ0v) is 16.7. The predicted octanol–water partition coefficient (Wildman–Crippen LogP) is 4.79. The number of carbonyl (C=O) groups excluding carboxylic acids is 1. The van der Waals surface area contributed by atoms with Crippen LogP contribution in [-0.2, 0) is 6.61 Å². The number of hydrogen-bond donors (Lipinski definition) is 0. The molecule has 1 fully saturated rings. The first kappa shape index (κ1) is 19.0. The molecule has 5 heteroatoms. The smallest absolute Gasteiger partial charge is 0.258 e. The lowest BCUT2D eigenvalue weighted by Crippen LogP contribution is -2.33. The van der Waals surface area contributed by atoms with Crippen molar-refractivity contribution in [2.75, 3.05) is 12.0 Å². The molecule has 1 saturated carbocycles. The summed E-state index contributed by atoms with van der Waals surface area (Å²) in [6, 6.07) is 19.3. The number of aromatic nitrogens is 1. The van der Waals surface area contributed by atoms with Gasteiger partial charge in [0.1, 0.15) is 18.1 Å². The van der Waals surface area contributed by atoms with Crippen LogP contribution in [0.5, 0.6) is 11.5 Å².